The van der Waals surface area contributed by atoms with Crippen molar-refractivity contribution in [3.8, 4) is 0 Å². The minimum atomic E-state index is 0.902. The SMILES string of the molecule is CCCC(C)SCCC1CC1. The van der Waals surface area contributed by atoms with Crippen LogP contribution in [0.3, 0.4) is 0 Å². The minimum absolute atomic E-state index is 0.902. The fourth-order valence-electron chi connectivity index (χ4n) is 1.33. The first-order chi connectivity index (χ1) is 5.33. The van der Waals surface area contributed by atoms with Gasteiger partial charge in [0.2, 0.25) is 0 Å². The molecular formula is C10H20S. The quantitative estimate of drug-likeness (QED) is 0.588. The third-order valence-electron chi connectivity index (χ3n) is 2.32. The Kier molecular flexibility index (Phi) is 4.36. The standard InChI is InChI=1S/C10H20S/c1-3-4-9(2)11-8-7-10-5-6-10/h9-10H,3-8H2,1-2H3. The zero-order valence-corrected chi connectivity index (χ0v) is 8.62. The fraction of sp³-hybridized carbons (Fsp3) is 1.00. The minimum Gasteiger partial charge on any atom is -0.159 e. The van der Waals surface area contributed by atoms with E-state index in [0.717, 1.165) is 11.2 Å². The monoisotopic (exact) mass is 172 g/mol. The van der Waals surface area contributed by atoms with Crippen LogP contribution in [0.2, 0.25) is 0 Å². The van der Waals surface area contributed by atoms with Crippen molar-refractivity contribution in [2.75, 3.05) is 5.75 Å². The van der Waals surface area contributed by atoms with Crippen LogP contribution in [0.15, 0.2) is 0 Å². The van der Waals surface area contributed by atoms with E-state index in [4.69, 9.17) is 0 Å². The second-order valence-corrected chi connectivity index (χ2v) is 5.25. The highest BCUT2D eigenvalue weighted by Crippen LogP contribution is 2.34. The van der Waals surface area contributed by atoms with Gasteiger partial charge < -0.3 is 0 Å². The average molecular weight is 172 g/mol. The summed E-state index contributed by atoms with van der Waals surface area (Å²) < 4.78 is 0. The Morgan fingerprint density at radius 2 is 2.18 bits per heavy atom. The van der Waals surface area contributed by atoms with Crippen molar-refractivity contribution in [2.45, 2.75) is 51.2 Å². The number of thioether (sulfide) groups is 1. The van der Waals surface area contributed by atoms with Gasteiger partial charge in [0.15, 0.2) is 0 Å². The predicted octanol–water partition coefficient (Wildman–Crippen LogP) is 3.71. The Morgan fingerprint density at radius 3 is 2.73 bits per heavy atom. The lowest BCUT2D eigenvalue weighted by atomic mass is 10.3. The lowest BCUT2D eigenvalue weighted by molar-refractivity contribution is 0.774. The van der Waals surface area contributed by atoms with Crippen molar-refractivity contribution in [3.05, 3.63) is 0 Å². The van der Waals surface area contributed by atoms with Gasteiger partial charge in [0.25, 0.3) is 0 Å². The van der Waals surface area contributed by atoms with Crippen molar-refractivity contribution < 1.29 is 0 Å². The molecule has 0 heterocycles. The molecule has 0 saturated heterocycles. The zero-order valence-electron chi connectivity index (χ0n) is 7.81. The van der Waals surface area contributed by atoms with Crippen LogP contribution >= 0.6 is 11.8 Å². The molecule has 0 bridgehead atoms. The molecule has 66 valence electrons. The maximum Gasteiger partial charge on any atom is 0.00186 e. The van der Waals surface area contributed by atoms with Gasteiger partial charge in [-0.15, -0.1) is 0 Å². The van der Waals surface area contributed by atoms with Gasteiger partial charge in [0, 0.05) is 5.25 Å². The molecule has 0 spiro atoms. The summed E-state index contributed by atoms with van der Waals surface area (Å²) >= 11 is 2.17. The highest BCUT2D eigenvalue weighted by atomic mass is 32.2. The van der Waals surface area contributed by atoms with E-state index < -0.39 is 0 Å². The third kappa shape index (κ3) is 4.73. The van der Waals surface area contributed by atoms with Crippen molar-refractivity contribution in [2.24, 2.45) is 5.92 Å². The van der Waals surface area contributed by atoms with E-state index in [0.29, 0.717) is 0 Å². The van der Waals surface area contributed by atoms with Crippen LogP contribution in [0.25, 0.3) is 0 Å². The van der Waals surface area contributed by atoms with Gasteiger partial charge in [-0.05, 0) is 24.5 Å². The summed E-state index contributed by atoms with van der Waals surface area (Å²) in [5, 5.41) is 0.902. The van der Waals surface area contributed by atoms with Crippen LogP contribution in [-0.2, 0) is 0 Å². The highest BCUT2D eigenvalue weighted by Gasteiger charge is 2.20. The molecule has 1 aliphatic rings. The van der Waals surface area contributed by atoms with Gasteiger partial charge in [-0.25, -0.2) is 0 Å². The first kappa shape index (κ1) is 9.44. The lowest BCUT2D eigenvalue weighted by Gasteiger charge is -2.08. The molecule has 0 nitrogen and oxygen atoms in total. The molecule has 0 aromatic carbocycles. The van der Waals surface area contributed by atoms with Gasteiger partial charge >= 0.3 is 0 Å². The summed E-state index contributed by atoms with van der Waals surface area (Å²) in [5.41, 5.74) is 0. The van der Waals surface area contributed by atoms with Gasteiger partial charge in [0.05, 0.1) is 0 Å². The number of hydrogen-bond acceptors (Lipinski definition) is 1. The van der Waals surface area contributed by atoms with Gasteiger partial charge in [-0.1, -0.05) is 33.1 Å². The molecule has 0 aromatic heterocycles. The molecule has 1 aliphatic carbocycles. The summed E-state index contributed by atoms with van der Waals surface area (Å²) in [6, 6.07) is 0. The predicted molar refractivity (Wildman–Crippen MR) is 54.2 cm³/mol. The molecule has 1 atom stereocenters. The molecule has 1 saturated carbocycles. The van der Waals surface area contributed by atoms with Crippen molar-refractivity contribution >= 4 is 11.8 Å². The van der Waals surface area contributed by atoms with Gasteiger partial charge in [0.1, 0.15) is 0 Å². The van der Waals surface area contributed by atoms with Crippen molar-refractivity contribution in [3.63, 3.8) is 0 Å². The lowest BCUT2D eigenvalue weighted by Crippen LogP contribution is -1.96. The molecule has 0 radical (unpaired) electrons. The second kappa shape index (κ2) is 5.08. The van der Waals surface area contributed by atoms with Crippen LogP contribution in [0.1, 0.15) is 46.0 Å². The van der Waals surface area contributed by atoms with Crippen molar-refractivity contribution in [1.82, 2.24) is 0 Å². The van der Waals surface area contributed by atoms with E-state index in [1.165, 1.54) is 37.9 Å². The maximum absolute atomic E-state index is 2.36. The van der Waals surface area contributed by atoms with Gasteiger partial charge in [-0.2, -0.15) is 11.8 Å². The van der Waals surface area contributed by atoms with Crippen LogP contribution in [0.5, 0.6) is 0 Å². The molecule has 1 rings (SSSR count). The summed E-state index contributed by atoms with van der Waals surface area (Å²) in [4.78, 5) is 0. The van der Waals surface area contributed by atoms with E-state index in [-0.39, 0.29) is 0 Å². The van der Waals surface area contributed by atoms with Crippen LogP contribution < -0.4 is 0 Å². The first-order valence-electron chi connectivity index (χ1n) is 4.94. The molecule has 0 aromatic rings. The van der Waals surface area contributed by atoms with Crippen LogP contribution in [-0.4, -0.2) is 11.0 Å². The molecule has 1 heteroatoms. The van der Waals surface area contributed by atoms with E-state index in [1.807, 2.05) is 0 Å². The topological polar surface area (TPSA) is 0 Å². The van der Waals surface area contributed by atoms with E-state index in [9.17, 15) is 0 Å². The van der Waals surface area contributed by atoms with Crippen LogP contribution in [0.4, 0.5) is 0 Å². The van der Waals surface area contributed by atoms with Crippen molar-refractivity contribution in [1.29, 1.82) is 0 Å². The first-order valence-corrected chi connectivity index (χ1v) is 5.99. The van der Waals surface area contributed by atoms with E-state index in [2.05, 4.69) is 25.6 Å². The average Bonchev–Trinajstić information content (AvgIpc) is 2.72. The van der Waals surface area contributed by atoms with E-state index in [1.54, 1.807) is 0 Å². The maximum atomic E-state index is 2.36. The fourth-order valence-corrected chi connectivity index (χ4v) is 2.61. The normalized spacial score (nSPS) is 20.2. The number of hydrogen-bond donors (Lipinski definition) is 0. The smallest absolute Gasteiger partial charge is 0.00186 e. The molecule has 0 aliphatic heterocycles. The van der Waals surface area contributed by atoms with Crippen LogP contribution in [0, 0.1) is 5.92 Å². The highest BCUT2D eigenvalue weighted by molar-refractivity contribution is 7.99. The third-order valence-corrected chi connectivity index (χ3v) is 3.60. The molecule has 11 heavy (non-hydrogen) atoms. The Hall–Kier alpha value is 0.350. The second-order valence-electron chi connectivity index (χ2n) is 3.70. The number of rotatable bonds is 6. The molecular weight excluding hydrogens is 152 g/mol. The summed E-state index contributed by atoms with van der Waals surface area (Å²) in [6.07, 6.45) is 7.26. The Labute approximate surface area is 75.1 Å². The Bertz CT molecular complexity index is 97.0. The van der Waals surface area contributed by atoms with Gasteiger partial charge in [-0.3, -0.25) is 0 Å². The summed E-state index contributed by atoms with van der Waals surface area (Å²) in [7, 11) is 0. The zero-order chi connectivity index (χ0) is 8.10. The molecule has 0 N–H and O–H groups in total. The largest absolute Gasteiger partial charge is 0.159 e. The molecule has 1 fully saturated rings. The molecule has 0 amide bonds. The summed E-state index contributed by atoms with van der Waals surface area (Å²) in [6.45, 7) is 4.64. The Balaban J connectivity index is 1.84. The summed E-state index contributed by atoms with van der Waals surface area (Å²) in [5.74, 6) is 2.53. The Morgan fingerprint density at radius 1 is 1.45 bits per heavy atom. The van der Waals surface area contributed by atoms with E-state index >= 15 is 0 Å². The molecule has 1 unspecified atom stereocenters.